The fraction of sp³-hybridized carbons (Fsp3) is 1.00. The second-order valence-electron chi connectivity index (χ2n) is 41.5. The molecule has 0 aromatic carbocycles. The van der Waals surface area contributed by atoms with Crippen molar-refractivity contribution in [1.29, 1.82) is 0 Å². The smallest absolute Gasteiger partial charge is 0.394 e. The molecule has 0 aromatic heterocycles. The predicted molar refractivity (Wildman–Crippen MR) is 493 cm³/mol. The maximum Gasteiger partial charge on any atom is 0.472 e. The van der Waals surface area contributed by atoms with Gasteiger partial charge in [0.15, 0.2) is 18.7 Å². The lowest BCUT2D eigenvalue weighted by atomic mass is 9.91. The molecule has 5 unspecified atom stereocenters. The number of rotatable bonds is 80. The van der Waals surface area contributed by atoms with Crippen molar-refractivity contribution in [3.05, 3.63) is 0 Å². The molecule has 0 spiro atoms. The van der Waals surface area contributed by atoms with Crippen LogP contribution < -0.4 is 0 Å². The summed E-state index contributed by atoms with van der Waals surface area (Å²) in [4.78, 5) is 11.5. The summed E-state index contributed by atoms with van der Waals surface area (Å²) in [6, 6.07) is 0. The van der Waals surface area contributed by atoms with Crippen molar-refractivity contribution >= 4 is 18.2 Å². The fourth-order valence-electron chi connectivity index (χ4n) is 17.4. The average Bonchev–Trinajstić information content (AvgIpc) is 0.777. The lowest BCUT2D eigenvalue weighted by Crippen LogP contribution is -2.65. The number of aliphatic hydroxyl groups is 5. The maximum atomic E-state index is 14.1. The van der Waals surface area contributed by atoms with Crippen molar-refractivity contribution in [3.8, 4) is 0 Å². The molecule has 21 nitrogen and oxygen atoms in total. The Kier molecular flexibility index (Phi) is 65.9. The molecule has 2 fully saturated rings. The van der Waals surface area contributed by atoms with Gasteiger partial charge in [0, 0.05) is 26.4 Å². The van der Waals surface area contributed by atoms with E-state index < -0.39 is 105 Å². The van der Waals surface area contributed by atoms with Crippen LogP contribution in [-0.4, -0.2) is 183 Å². The first-order chi connectivity index (χ1) is 57.3. The third-order valence-electron chi connectivity index (χ3n) is 26.4. The molecule has 25 atom stereocenters. The van der Waals surface area contributed by atoms with E-state index in [1.807, 2.05) is 0 Å². The summed E-state index contributed by atoms with van der Waals surface area (Å²) >= 11 is 0. The Bertz CT molecular complexity index is 2580. The zero-order valence-electron chi connectivity index (χ0n) is 81.2. The first kappa shape index (κ1) is 117. The molecule has 0 saturated carbocycles. The summed E-state index contributed by atoms with van der Waals surface area (Å²) in [5.41, 5.74) is 0. The van der Waals surface area contributed by atoms with Gasteiger partial charge in [0.1, 0.15) is 54.9 Å². The van der Waals surface area contributed by atoms with Gasteiger partial charge < -0.3 is 68.3 Å². The minimum absolute atomic E-state index is 0.0884. The second-order valence-corrected chi connectivity index (χ2v) is 44.0. The van der Waals surface area contributed by atoms with Crippen LogP contribution in [0, 0.1) is 94.7 Å². The number of phosphoric acid groups is 1. The molecule has 2 aliphatic heterocycles. The van der Waals surface area contributed by atoms with Gasteiger partial charge in [0.2, 0.25) is 0 Å². The number of aliphatic hydroxyl groups excluding tert-OH is 5. The van der Waals surface area contributed by atoms with E-state index in [4.69, 9.17) is 51.1 Å². The van der Waals surface area contributed by atoms with Crippen LogP contribution in [0.3, 0.4) is 0 Å². The van der Waals surface area contributed by atoms with Crippen molar-refractivity contribution in [2.75, 3.05) is 66.1 Å². The molecule has 0 bridgehead atoms. The summed E-state index contributed by atoms with van der Waals surface area (Å²) in [6.07, 6.45) is 26.9. The highest BCUT2D eigenvalue weighted by Crippen LogP contribution is 2.45. The standard InChI is InChI=1S/C98H195O21PS/c1-71(2)33-21-37-75(9)41-25-45-79(13)49-29-53-83(17)57-61-109-66-87(111-63-59-85(19)55-31-51-81(15)47-27-43-77(11)39-23-35-73(5)6)68-113-97-95(118-98-96(119-121(106,107)108)94(103)91(100)89(65-99)116-98)93(102)92(101)90(117-97)70-115-120(104,105)114-69-88(112-64-60-86(20)56-32-52-82(16)48-28-44-78(12)40-24-36-74(7)8)67-110-62-58-84(18)54-30-50-80(14)46-26-42-76(10)38-22-34-72(3)4/h71-103H,21-70H2,1-20H3,(H,104,105)(H,106,107,108)/t75-,76-,77-,78-,79-,80-,81-,82-,83-,84-,85-,86-,87+,88-,89-,90-,91-,92-,93?,94?,95?,96?,97+,98+/m1/s1. The highest BCUT2D eigenvalue weighted by atomic mass is 32.3. The summed E-state index contributed by atoms with van der Waals surface area (Å²) in [7, 11) is -10.4. The molecule has 0 aromatic rings. The molecule has 7 N–H and O–H groups in total. The zero-order chi connectivity index (χ0) is 90.3. The summed E-state index contributed by atoms with van der Waals surface area (Å²) in [6.45, 7) is 45.9. The summed E-state index contributed by atoms with van der Waals surface area (Å²) in [5, 5.41) is 56.3. The number of phosphoric ester groups is 1. The van der Waals surface area contributed by atoms with E-state index in [2.05, 4.69) is 138 Å². The Morgan fingerprint density at radius 2 is 0.587 bits per heavy atom. The number of hydrogen-bond acceptors (Lipinski definition) is 19. The summed E-state index contributed by atoms with van der Waals surface area (Å²) < 4.78 is 115. The molecule has 0 radical (unpaired) electrons. The van der Waals surface area contributed by atoms with Gasteiger partial charge in [-0.1, -0.05) is 370 Å². The van der Waals surface area contributed by atoms with Crippen LogP contribution in [-0.2, 0) is 66.1 Å². The highest BCUT2D eigenvalue weighted by Gasteiger charge is 2.53. The Morgan fingerprint density at radius 1 is 0.322 bits per heavy atom. The third kappa shape index (κ3) is 60.2. The van der Waals surface area contributed by atoms with E-state index in [0.717, 1.165) is 131 Å². The predicted octanol–water partition coefficient (Wildman–Crippen LogP) is 23.3. The number of hydrogen-bond donors (Lipinski definition) is 7. The van der Waals surface area contributed by atoms with E-state index in [0.29, 0.717) is 73.8 Å². The van der Waals surface area contributed by atoms with Crippen LogP contribution >= 0.6 is 7.82 Å². The minimum atomic E-state index is -5.38. The average molecular weight is 1770 g/mol. The van der Waals surface area contributed by atoms with Crippen LogP contribution in [0.5, 0.6) is 0 Å². The maximum absolute atomic E-state index is 14.1. The SMILES string of the molecule is CC(C)CCC[C@@H](C)CCC[C@@H](C)CCC[C@@H](C)CCOC[C@H](COP(=O)(O)OC[C@H]1O[C@H](OC[C@H](COCC[C@H](C)CCC[C@H](C)CCC[C@H](C)CCCC(C)C)OCC[C@H](C)CCC[C@H](C)CCC[C@H](C)CCCC(C)C)C(O[C@@H]2O[C@H](CO)[C@@H](O)C(O)C2OS(=O)(=O)O)C(O)[C@@H]1O)OCC[C@H](C)CCC[C@H](C)CCC[C@H](C)CCCC(C)C. The van der Waals surface area contributed by atoms with E-state index in [9.17, 15) is 48.0 Å². The third-order valence-corrected chi connectivity index (χ3v) is 27.8. The summed E-state index contributed by atoms with van der Waals surface area (Å²) in [5.74, 6) is 10.3. The first-order valence-corrected chi connectivity index (χ1v) is 52.7. The van der Waals surface area contributed by atoms with E-state index in [1.165, 1.54) is 173 Å². The van der Waals surface area contributed by atoms with Crippen LogP contribution in [0.25, 0.3) is 0 Å². The Morgan fingerprint density at radius 3 is 0.884 bits per heavy atom. The monoisotopic (exact) mass is 1770 g/mol. The molecule has 121 heavy (non-hydrogen) atoms. The Labute approximate surface area is 743 Å². The molecule has 0 aliphatic carbocycles. The lowest BCUT2D eigenvalue weighted by Gasteiger charge is -2.46. The molecule has 2 heterocycles. The fourth-order valence-corrected chi connectivity index (χ4v) is 18.6. The minimum Gasteiger partial charge on any atom is -0.394 e. The largest absolute Gasteiger partial charge is 0.472 e. The molecule has 724 valence electrons. The van der Waals surface area contributed by atoms with Crippen LogP contribution in [0.2, 0.25) is 0 Å². The molecule has 23 heteroatoms. The normalized spacial score (nSPS) is 24.2. The van der Waals surface area contributed by atoms with Crippen molar-refractivity contribution in [3.63, 3.8) is 0 Å². The molecular formula is C98H195O21PS. The van der Waals surface area contributed by atoms with Crippen LogP contribution in [0.15, 0.2) is 0 Å². The second kappa shape index (κ2) is 68.5. The van der Waals surface area contributed by atoms with Gasteiger partial charge in [-0.3, -0.25) is 13.6 Å². The van der Waals surface area contributed by atoms with Crippen molar-refractivity contribution in [1.82, 2.24) is 0 Å². The first-order valence-electron chi connectivity index (χ1n) is 49.8. The lowest BCUT2D eigenvalue weighted by molar-refractivity contribution is -0.366. The Balaban J connectivity index is 2.37. The van der Waals surface area contributed by atoms with Gasteiger partial charge in [-0.15, -0.1) is 0 Å². The van der Waals surface area contributed by atoms with Gasteiger partial charge in [0.25, 0.3) is 0 Å². The van der Waals surface area contributed by atoms with E-state index in [1.54, 1.807) is 0 Å². The van der Waals surface area contributed by atoms with E-state index in [-0.39, 0.29) is 26.4 Å². The highest BCUT2D eigenvalue weighted by molar-refractivity contribution is 7.80. The quantitative estimate of drug-likeness (QED) is 0.0169. The van der Waals surface area contributed by atoms with Gasteiger partial charge in [-0.05, 0) is 120 Å². The van der Waals surface area contributed by atoms with Crippen molar-refractivity contribution in [2.45, 2.75) is 469 Å². The van der Waals surface area contributed by atoms with Crippen LogP contribution in [0.1, 0.15) is 395 Å². The zero-order valence-corrected chi connectivity index (χ0v) is 82.9. The Hall–Kier alpha value is -0.540. The van der Waals surface area contributed by atoms with Gasteiger partial charge in [0.05, 0.1) is 39.6 Å². The topological polar surface area (TPSA) is 294 Å². The molecule has 0 amide bonds. The molecule has 2 saturated heterocycles. The van der Waals surface area contributed by atoms with Gasteiger partial charge in [-0.2, -0.15) is 8.42 Å². The van der Waals surface area contributed by atoms with Crippen molar-refractivity contribution < 1.29 is 99.1 Å². The molecular weight excluding hydrogens is 1580 g/mol. The van der Waals surface area contributed by atoms with E-state index >= 15 is 0 Å². The molecule has 2 aliphatic rings. The molecule has 2 rings (SSSR count). The van der Waals surface area contributed by atoms with Gasteiger partial charge in [-0.25, -0.2) is 8.75 Å². The number of ether oxygens (including phenoxy) is 8. The van der Waals surface area contributed by atoms with Crippen molar-refractivity contribution in [2.24, 2.45) is 94.7 Å². The van der Waals surface area contributed by atoms with Gasteiger partial charge >= 0.3 is 18.2 Å². The van der Waals surface area contributed by atoms with Crippen LogP contribution in [0.4, 0.5) is 0 Å².